The van der Waals surface area contributed by atoms with E-state index in [0.29, 0.717) is 21.6 Å². The minimum Gasteiger partial charge on any atom is -0.444 e. The number of carbonyl (C=O) groups is 2. The van der Waals surface area contributed by atoms with Gasteiger partial charge in [-0.15, -0.1) is 0 Å². The fourth-order valence-corrected chi connectivity index (χ4v) is 3.10. The fourth-order valence-electron chi connectivity index (χ4n) is 2.80. The van der Waals surface area contributed by atoms with Crippen molar-refractivity contribution in [3.8, 4) is 0 Å². The van der Waals surface area contributed by atoms with Gasteiger partial charge in [0.1, 0.15) is 5.69 Å². The molecule has 0 aliphatic heterocycles. The first kappa shape index (κ1) is 21.9. The maximum Gasteiger partial charge on any atom is 0.322 e. The molecule has 2 N–H and O–H groups in total. The molecule has 2 aromatic heterocycles. The summed E-state index contributed by atoms with van der Waals surface area (Å²) in [6, 6.07) is 9.91. The van der Waals surface area contributed by atoms with Crippen molar-refractivity contribution in [3.63, 3.8) is 0 Å². The third kappa shape index (κ3) is 4.86. The van der Waals surface area contributed by atoms with Gasteiger partial charge in [-0.2, -0.15) is 10.2 Å². The second kappa shape index (κ2) is 8.92. The van der Waals surface area contributed by atoms with Crippen molar-refractivity contribution in [2.45, 2.75) is 13.8 Å². The molecule has 3 rings (SSSR count). The number of nitrogens with one attached hydrogen (secondary N) is 2. The third-order valence-corrected chi connectivity index (χ3v) is 4.70. The molecule has 0 radical (unpaired) electrons. The number of rotatable bonds is 6. The highest BCUT2D eigenvalue weighted by Gasteiger charge is 2.29. The quantitative estimate of drug-likeness (QED) is 0.309. The fraction of sp³-hybridized carbons (Fsp3) is 0.158. The normalized spacial score (nSPS) is 11.3. The third-order valence-electron chi connectivity index (χ3n) is 4.27. The number of benzene rings is 1. The predicted molar refractivity (Wildman–Crippen MR) is 115 cm³/mol. The molecule has 0 atom stereocenters. The van der Waals surface area contributed by atoms with Gasteiger partial charge in [0, 0.05) is 12.7 Å². The zero-order valence-electron chi connectivity index (χ0n) is 16.7. The Bertz CT molecular complexity index is 1200. The largest absolute Gasteiger partial charge is 0.444 e. The van der Waals surface area contributed by atoms with Gasteiger partial charge in [-0.05, 0) is 59.6 Å². The van der Waals surface area contributed by atoms with E-state index in [1.54, 1.807) is 43.3 Å². The Hall–Kier alpha value is -3.80. The summed E-state index contributed by atoms with van der Waals surface area (Å²) < 4.78 is 6.79. The monoisotopic (exact) mass is 488 g/mol. The smallest absolute Gasteiger partial charge is 0.322 e. The number of nitro groups is 1. The van der Waals surface area contributed by atoms with Gasteiger partial charge >= 0.3 is 5.69 Å². The highest BCUT2D eigenvalue weighted by Crippen LogP contribution is 2.22. The first-order chi connectivity index (χ1) is 14.7. The lowest BCUT2D eigenvalue weighted by molar-refractivity contribution is -0.385. The molecule has 0 fully saturated rings. The summed E-state index contributed by atoms with van der Waals surface area (Å²) in [7, 11) is 1.44. The van der Waals surface area contributed by atoms with Gasteiger partial charge in [-0.25, -0.2) is 5.43 Å². The summed E-state index contributed by atoms with van der Waals surface area (Å²) >= 11 is 3.14. The molecule has 0 saturated heterocycles. The van der Waals surface area contributed by atoms with Gasteiger partial charge in [-0.3, -0.25) is 24.4 Å². The molecule has 11 nitrogen and oxygen atoms in total. The molecule has 3 aromatic rings. The highest BCUT2D eigenvalue weighted by molar-refractivity contribution is 9.10. The summed E-state index contributed by atoms with van der Waals surface area (Å²) in [4.78, 5) is 35.1. The molecule has 12 heteroatoms. The first-order valence-electron chi connectivity index (χ1n) is 8.87. The van der Waals surface area contributed by atoms with E-state index in [1.807, 2.05) is 0 Å². The van der Waals surface area contributed by atoms with Crippen LogP contribution < -0.4 is 10.7 Å². The van der Waals surface area contributed by atoms with Crippen LogP contribution in [0, 0.1) is 17.0 Å². The van der Waals surface area contributed by atoms with Crippen LogP contribution in [-0.2, 0) is 7.05 Å². The van der Waals surface area contributed by atoms with Gasteiger partial charge in [0.05, 0.1) is 10.6 Å². The Labute approximate surface area is 184 Å². The summed E-state index contributed by atoms with van der Waals surface area (Å²) in [6.07, 6.45) is 0. The van der Waals surface area contributed by atoms with Crippen molar-refractivity contribution >= 4 is 44.8 Å². The molecule has 0 aliphatic carbocycles. The Morgan fingerprint density at radius 1 is 1.19 bits per heavy atom. The van der Waals surface area contributed by atoms with Crippen molar-refractivity contribution in [2.75, 3.05) is 5.32 Å². The minimum atomic E-state index is -0.748. The summed E-state index contributed by atoms with van der Waals surface area (Å²) in [5.41, 5.74) is 3.57. The molecule has 0 bridgehead atoms. The van der Waals surface area contributed by atoms with Crippen LogP contribution in [0.1, 0.15) is 39.2 Å². The van der Waals surface area contributed by atoms with Crippen LogP contribution in [0.3, 0.4) is 0 Å². The number of hydrogen-bond donors (Lipinski definition) is 2. The molecule has 0 spiro atoms. The van der Waals surface area contributed by atoms with Crippen LogP contribution in [0.2, 0.25) is 0 Å². The second-order valence-electron chi connectivity index (χ2n) is 6.44. The number of halogens is 1. The lowest BCUT2D eigenvalue weighted by atomic mass is 10.1. The van der Waals surface area contributed by atoms with Crippen molar-refractivity contribution in [3.05, 3.63) is 73.9 Å². The van der Waals surface area contributed by atoms with Crippen LogP contribution >= 0.6 is 15.9 Å². The standard InChI is InChI=1S/C19H17BrN6O5/c1-10(22-23-19(28)17-16(26(29)30)11(2)24-25(17)3)12-4-6-13(7-5-12)21-18(27)14-8-9-15(20)31-14/h4-9H,1-3H3,(H,21,27)(H,23,28)/b22-10-. The molecule has 2 heterocycles. The van der Waals surface area contributed by atoms with Crippen molar-refractivity contribution in [1.29, 1.82) is 0 Å². The lowest BCUT2D eigenvalue weighted by Crippen LogP contribution is -2.23. The van der Waals surface area contributed by atoms with Crippen LogP contribution in [0.4, 0.5) is 11.4 Å². The number of amides is 2. The predicted octanol–water partition coefficient (Wildman–Crippen LogP) is 3.40. The number of furan rings is 1. The van der Waals surface area contributed by atoms with Crippen molar-refractivity contribution in [1.82, 2.24) is 15.2 Å². The average molecular weight is 489 g/mol. The second-order valence-corrected chi connectivity index (χ2v) is 7.22. The number of aryl methyl sites for hydroxylation is 2. The van der Waals surface area contributed by atoms with E-state index in [0.717, 1.165) is 4.68 Å². The van der Waals surface area contributed by atoms with E-state index < -0.39 is 16.7 Å². The zero-order valence-corrected chi connectivity index (χ0v) is 18.3. The maximum absolute atomic E-state index is 12.4. The van der Waals surface area contributed by atoms with E-state index in [-0.39, 0.29) is 22.8 Å². The van der Waals surface area contributed by atoms with Crippen LogP contribution in [-0.4, -0.2) is 32.2 Å². The number of aromatic nitrogens is 2. The average Bonchev–Trinajstić information content (AvgIpc) is 3.28. The number of nitrogens with zero attached hydrogens (tertiary/aromatic N) is 4. The van der Waals surface area contributed by atoms with Gasteiger partial charge in [-0.1, -0.05) is 12.1 Å². The van der Waals surface area contributed by atoms with E-state index in [4.69, 9.17) is 4.42 Å². The minimum absolute atomic E-state index is 0.137. The van der Waals surface area contributed by atoms with Crippen molar-refractivity contribution in [2.24, 2.45) is 12.1 Å². The Morgan fingerprint density at radius 2 is 1.87 bits per heavy atom. The number of hydrazone groups is 1. The summed E-state index contributed by atoms with van der Waals surface area (Å²) in [6.45, 7) is 3.12. The van der Waals surface area contributed by atoms with Gasteiger partial charge in [0.2, 0.25) is 5.69 Å². The van der Waals surface area contributed by atoms with E-state index >= 15 is 0 Å². The van der Waals surface area contributed by atoms with E-state index in [9.17, 15) is 19.7 Å². The molecular formula is C19H17BrN6O5. The highest BCUT2D eigenvalue weighted by atomic mass is 79.9. The number of anilines is 1. The Morgan fingerprint density at radius 3 is 2.45 bits per heavy atom. The Kier molecular flexibility index (Phi) is 6.30. The van der Waals surface area contributed by atoms with Gasteiger partial charge in [0.15, 0.2) is 10.4 Å². The number of carbonyl (C=O) groups excluding carboxylic acids is 2. The van der Waals surface area contributed by atoms with Crippen LogP contribution in [0.25, 0.3) is 0 Å². The lowest BCUT2D eigenvalue weighted by Gasteiger charge is -2.06. The number of hydrogen-bond acceptors (Lipinski definition) is 7. The van der Waals surface area contributed by atoms with E-state index in [2.05, 4.69) is 36.9 Å². The molecule has 0 saturated carbocycles. The molecule has 0 aliphatic rings. The SMILES string of the molecule is C/C(=N/NC(=O)c1c([N+](=O)[O-])c(C)nn1C)c1ccc(NC(=O)c2ccc(Br)o2)cc1. The summed E-state index contributed by atoms with van der Waals surface area (Å²) in [5, 5.41) is 21.8. The molecule has 2 amide bonds. The molecule has 160 valence electrons. The molecule has 31 heavy (non-hydrogen) atoms. The topological polar surface area (TPSA) is 145 Å². The van der Waals surface area contributed by atoms with Crippen molar-refractivity contribution < 1.29 is 18.9 Å². The molecule has 1 aromatic carbocycles. The van der Waals surface area contributed by atoms with Crippen LogP contribution in [0.5, 0.6) is 0 Å². The van der Waals surface area contributed by atoms with Crippen LogP contribution in [0.15, 0.2) is 50.6 Å². The zero-order chi connectivity index (χ0) is 22.7. The van der Waals surface area contributed by atoms with Gasteiger partial charge < -0.3 is 9.73 Å². The first-order valence-corrected chi connectivity index (χ1v) is 9.66. The molecule has 0 unspecified atom stereocenters. The molecular weight excluding hydrogens is 472 g/mol. The van der Waals surface area contributed by atoms with E-state index in [1.165, 1.54) is 14.0 Å². The maximum atomic E-state index is 12.4. The summed E-state index contributed by atoms with van der Waals surface area (Å²) in [5.74, 6) is -0.984. The Balaban J connectivity index is 1.69. The van der Waals surface area contributed by atoms with Gasteiger partial charge in [0.25, 0.3) is 11.8 Å².